The van der Waals surface area contributed by atoms with Crippen LogP contribution in [0.15, 0.2) is 29.2 Å². The molecule has 2 nitrogen and oxygen atoms in total. The molecule has 90 valence electrons. The van der Waals surface area contributed by atoms with Crippen molar-refractivity contribution in [2.75, 3.05) is 11.6 Å². The zero-order valence-electron chi connectivity index (χ0n) is 9.45. The number of hydrogen-bond acceptors (Lipinski definition) is 2. The molecule has 0 amide bonds. The van der Waals surface area contributed by atoms with E-state index in [1.54, 1.807) is 18.2 Å². The van der Waals surface area contributed by atoms with Gasteiger partial charge in [-0.15, -0.1) is 11.6 Å². The molecule has 0 saturated carbocycles. The van der Waals surface area contributed by atoms with E-state index in [9.17, 15) is 8.42 Å². The van der Waals surface area contributed by atoms with Gasteiger partial charge < -0.3 is 0 Å². The zero-order valence-corrected chi connectivity index (χ0v) is 11.0. The lowest BCUT2D eigenvalue weighted by Gasteiger charge is -2.05. The summed E-state index contributed by atoms with van der Waals surface area (Å²) in [4.78, 5) is 0.432. The zero-order chi connectivity index (χ0) is 12.0. The SMILES string of the molecule is CCCS(=O)(=O)c1cccc(CCCCl)c1. The Morgan fingerprint density at radius 3 is 2.69 bits per heavy atom. The Kier molecular flexibility index (Phi) is 5.29. The molecule has 0 aliphatic heterocycles. The summed E-state index contributed by atoms with van der Waals surface area (Å²) in [6, 6.07) is 7.16. The van der Waals surface area contributed by atoms with E-state index in [1.165, 1.54) is 0 Å². The standard InChI is InChI=1S/C12H17ClO2S/c1-2-9-16(14,15)12-7-3-5-11(10-12)6-4-8-13/h3,5,7,10H,2,4,6,8-9H2,1H3. The van der Waals surface area contributed by atoms with Crippen molar-refractivity contribution < 1.29 is 8.42 Å². The fraction of sp³-hybridized carbons (Fsp3) is 0.500. The van der Waals surface area contributed by atoms with Crippen LogP contribution in [0.3, 0.4) is 0 Å². The number of benzene rings is 1. The molecule has 0 aliphatic rings. The molecule has 0 heterocycles. The number of aryl methyl sites for hydroxylation is 1. The first kappa shape index (κ1) is 13.5. The van der Waals surface area contributed by atoms with Crippen LogP contribution in [0.4, 0.5) is 0 Å². The highest BCUT2D eigenvalue weighted by atomic mass is 35.5. The minimum absolute atomic E-state index is 0.214. The fourth-order valence-corrected chi connectivity index (χ4v) is 3.08. The van der Waals surface area contributed by atoms with Gasteiger partial charge in [0.2, 0.25) is 0 Å². The minimum atomic E-state index is -3.09. The Hall–Kier alpha value is -0.540. The third-order valence-electron chi connectivity index (χ3n) is 2.33. The van der Waals surface area contributed by atoms with Crippen molar-refractivity contribution in [3.63, 3.8) is 0 Å². The molecule has 0 saturated heterocycles. The first-order chi connectivity index (χ1) is 7.60. The van der Waals surface area contributed by atoms with Gasteiger partial charge in [0, 0.05) is 5.88 Å². The van der Waals surface area contributed by atoms with E-state index in [-0.39, 0.29) is 5.75 Å². The van der Waals surface area contributed by atoms with E-state index in [2.05, 4.69) is 0 Å². The van der Waals surface area contributed by atoms with Crippen LogP contribution in [0.5, 0.6) is 0 Å². The molecule has 0 spiro atoms. The molecule has 1 rings (SSSR count). The topological polar surface area (TPSA) is 34.1 Å². The summed E-state index contributed by atoms with van der Waals surface area (Å²) in [5, 5.41) is 0. The van der Waals surface area contributed by atoms with Crippen molar-refractivity contribution in [2.45, 2.75) is 31.1 Å². The smallest absolute Gasteiger partial charge is 0.178 e. The molecule has 4 heteroatoms. The largest absolute Gasteiger partial charge is 0.224 e. The highest BCUT2D eigenvalue weighted by Crippen LogP contribution is 2.15. The Balaban J connectivity index is 2.89. The molecular weight excluding hydrogens is 244 g/mol. The van der Waals surface area contributed by atoms with Crippen molar-refractivity contribution in [3.8, 4) is 0 Å². The van der Waals surface area contributed by atoms with Gasteiger partial charge in [-0.05, 0) is 37.0 Å². The lowest BCUT2D eigenvalue weighted by Crippen LogP contribution is -2.06. The molecule has 0 fully saturated rings. The van der Waals surface area contributed by atoms with Gasteiger partial charge in [-0.2, -0.15) is 0 Å². The maximum Gasteiger partial charge on any atom is 0.178 e. The second kappa shape index (κ2) is 6.26. The molecular formula is C12H17ClO2S. The van der Waals surface area contributed by atoms with Crippen LogP contribution in [0.25, 0.3) is 0 Å². The summed E-state index contributed by atoms with van der Waals surface area (Å²) in [7, 11) is -3.09. The van der Waals surface area contributed by atoms with E-state index in [0.29, 0.717) is 17.2 Å². The molecule has 0 N–H and O–H groups in total. The van der Waals surface area contributed by atoms with Gasteiger partial charge in [-0.25, -0.2) is 8.42 Å². The first-order valence-corrected chi connectivity index (χ1v) is 7.66. The van der Waals surface area contributed by atoms with Gasteiger partial charge in [0.05, 0.1) is 10.6 Å². The number of hydrogen-bond donors (Lipinski definition) is 0. The van der Waals surface area contributed by atoms with Crippen molar-refractivity contribution in [3.05, 3.63) is 29.8 Å². The first-order valence-electron chi connectivity index (χ1n) is 5.48. The minimum Gasteiger partial charge on any atom is -0.224 e. The number of sulfone groups is 1. The van der Waals surface area contributed by atoms with Crippen LogP contribution >= 0.6 is 11.6 Å². The molecule has 1 aromatic carbocycles. The Morgan fingerprint density at radius 2 is 2.06 bits per heavy atom. The monoisotopic (exact) mass is 260 g/mol. The van der Waals surface area contributed by atoms with Gasteiger partial charge in [-0.1, -0.05) is 19.1 Å². The molecule has 0 aromatic heterocycles. The van der Waals surface area contributed by atoms with Gasteiger partial charge in [0.25, 0.3) is 0 Å². The van der Waals surface area contributed by atoms with Gasteiger partial charge in [0.15, 0.2) is 9.84 Å². The summed E-state index contributed by atoms with van der Waals surface area (Å²) in [6.07, 6.45) is 2.35. The molecule has 0 radical (unpaired) electrons. The maximum atomic E-state index is 11.8. The summed E-state index contributed by atoms with van der Waals surface area (Å²) in [5.74, 6) is 0.817. The van der Waals surface area contributed by atoms with Crippen molar-refractivity contribution in [2.24, 2.45) is 0 Å². The van der Waals surface area contributed by atoms with Gasteiger partial charge >= 0.3 is 0 Å². The van der Waals surface area contributed by atoms with Crippen LogP contribution in [0.1, 0.15) is 25.3 Å². The third-order valence-corrected chi connectivity index (χ3v) is 4.51. The highest BCUT2D eigenvalue weighted by molar-refractivity contribution is 7.91. The normalized spacial score (nSPS) is 11.6. The molecule has 0 atom stereocenters. The maximum absolute atomic E-state index is 11.8. The van der Waals surface area contributed by atoms with Gasteiger partial charge in [0.1, 0.15) is 0 Å². The lowest BCUT2D eigenvalue weighted by atomic mass is 10.1. The number of halogens is 1. The van der Waals surface area contributed by atoms with Crippen LogP contribution in [-0.2, 0) is 16.3 Å². The van der Waals surface area contributed by atoms with Gasteiger partial charge in [-0.3, -0.25) is 0 Å². The molecule has 1 aromatic rings. The van der Waals surface area contributed by atoms with Crippen LogP contribution in [0.2, 0.25) is 0 Å². The van der Waals surface area contributed by atoms with E-state index in [0.717, 1.165) is 18.4 Å². The van der Waals surface area contributed by atoms with E-state index in [1.807, 2.05) is 13.0 Å². The summed E-state index contributed by atoms with van der Waals surface area (Å²) < 4.78 is 23.7. The Morgan fingerprint density at radius 1 is 1.31 bits per heavy atom. The summed E-state index contributed by atoms with van der Waals surface area (Å²) >= 11 is 5.61. The summed E-state index contributed by atoms with van der Waals surface area (Å²) in [6.45, 7) is 1.87. The third kappa shape index (κ3) is 3.80. The molecule has 16 heavy (non-hydrogen) atoms. The molecule has 0 aliphatic carbocycles. The van der Waals surface area contributed by atoms with Crippen LogP contribution < -0.4 is 0 Å². The fourth-order valence-electron chi connectivity index (χ4n) is 1.55. The average molecular weight is 261 g/mol. The quantitative estimate of drug-likeness (QED) is 0.737. The van der Waals surface area contributed by atoms with E-state index in [4.69, 9.17) is 11.6 Å². The van der Waals surface area contributed by atoms with Crippen molar-refractivity contribution in [1.82, 2.24) is 0 Å². The average Bonchev–Trinajstić information content (AvgIpc) is 2.27. The lowest BCUT2D eigenvalue weighted by molar-refractivity contribution is 0.594. The van der Waals surface area contributed by atoms with Crippen molar-refractivity contribution >= 4 is 21.4 Å². The number of rotatable bonds is 6. The van der Waals surface area contributed by atoms with E-state index >= 15 is 0 Å². The number of alkyl halides is 1. The Bertz CT molecular complexity index is 426. The summed E-state index contributed by atoms with van der Waals surface area (Å²) in [5.41, 5.74) is 1.04. The Labute approximate surface area is 103 Å². The second-order valence-electron chi connectivity index (χ2n) is 3.76. The van der Waals surface area contributed by atoms with Crippen LogP contribution in [-0.4, -0.2) is 20.1 Å². The second-order valence-corrected chi connectivity index (χ2v) is 6.25. The predicted octanol–water partition coefficient (Wildman–Crippen LogP) is 3.04. The van der Waals surface area contributed by atoms with Crippen LogP contribution in [0, 0.1) is 0 Å². The highest BCUT2D eigenvalue weighted by Gasteiger charge is 2.12. The molecule has 0 bridgehead atoms. The predicted molar refractivity (Wildman–Crippen MR) is 67.8 cm³/mol. The molecule has 0 unspecified atom stereocenters. The van der Waals surface area contributed by atoms with Crippen molar-refractivity contribution in [1.29, 1.82) is 0 Å². The van der Waals surface area contributed by atoms with E-state index < -0.39 is 9.84 Å².